The van der Waals surface area contributed by atoms with E-state index in [0.29, 0.717) is 28.5 Å². The minimum Gasteiger partial charge on any atom is -0.339 e. The number of aromatic nitrogens is 3. The number of aromatic amines is 1. The Hall–Kier alpha value is -2.15. The van der Waals surface area contributed by atoms with Crippen LogP contribution in [0.25, 0.3) is 21.9 Å². The minimum absolute atomic E-state index is 0.0612. The van der Waals surface area contributed by atoms with E-state index in [1.54, 1.807) is 17.7 Å². The lowest BCUT2D eigenvalue weighted by atomic mass is 10.1. The van der Waals surface area contributed by atoms with Gasteiger partial charge in [-0.25, -0.2) is 13.1 Å². The van der Waals surface area contributed by atoms with Crippen LogP contribution in [0, 0.1) is 6.92 Å². The molecule has 1 aliphatic rings. The maximum atomic E-state index is 12.7. The maximum Gasteiger partial charge on any atom is 0.200 e. The Labute approximate surface area is 126 Å². The largest absolute Gasteiger partial charge is 0.339 e. The van der Waals surface area contributed by atoms with Gasteiger partial charge in [0, 0.05) is 5.39 Å². The highest BCUT2D eigenvalue weighted by Crippen LogP contribution is 2.27. The number of pyridine rings is 1. The lowest BCUT2D eigenvalue weighted by molar-refractivity contribution is 0.509. The van der Waals surface area contributed by atoms with Crippen molar-refractivity contribution in [3.8, 4) is 0 Å². The molecule has 1 fully saturated rings. The van der Waals surface area contributed by atoms with Gasteiger partial charge < -0.3 is 4.98 Å². The highest BCUT2D eigenvalue weighted by Gasteiger charge is 2.31. The quantitative estimate of drug-likeness (QED) is 0.738. The molecule has 1 saturated heterocycles. The van der Waals surface area contributed by atoms with Crippen LogP contribution in [0.3, 0.4) is 0 Å². The van der Waals surface area contributed by atoms with Gasteiger partial charge in [-0.2, -0.15) is 5.10 Å². The zero-order valence-electron chi connectivity index (χ0n) is 12.0. The lowest BCUT2D eigenvalue weighted by Gasteiger charge is -2.10. The molecule has 0 bridgehead atoms. The first-order valence-electron chi connectivity index (χ1n) is 7.16. The molecule has 22 heavy (non-hydrogen) atoms. The maximum absolute atomic E-state index is 12.7. The predicted octanol–water partition coefficient (Wildman–Crippen LogP) is 1.55. The first kappa shape index (κ1) is 13.5. The van der Waals surface area contributed by atoms with E-state index in [1.807, 2.05) is 18.2 Å². The number of hydrogen-bond acceptors (Lipinski definition) is 4. The van der Waals surface area contributed by atoms with Gasteiger partial charge in [0.2, 0.25) is 5.43 Å². The highest BCUT2D eigenvalue weighted by atomic mass is 32.2. The minimum atomic E-state index is -3.01. The van der Waals surface area contributed by atoms with Crippen molar-refractivity contribution >= 4 is 31.8 Å². The average Bonchev–Trinajstić information content (AvgIpc) is 2.99. The van der Waals surface area contributed by atoms with Crippen LogP contribution < -0.4 is 5.43 Å². The summed E-state index contributed by atoms with van der Waals surface area (Å²) in [5, 5.41) is 5.61. The van der Waals surface area contributed by atoms with Gasteiger partial charge in [0.05, 0.1) is 34.1 Å². The number of sulfone groups is 1. The average molecular weight is 317 g/mol. The van der Waals surface area contributed by atoms with Crippen molar-refractivity contribution in [3.05, 3.63) is 40.2 Å². The van der Waals surface area contributed by atoms with Crippen LogP contribution in [0.2, 0.25) is 0 Å². The Kier molecular flexibility index (Phi) is 2.72. The number of fused-ring (bicyclic) bond motifs is 2. The second-order valence-electron chi connectivity index (χ2n) is 5.81. The molecule has 1 aromatic carbocycles. The van der Waals surface area contributed by atoms with Gasteiger partial charge in [-0.3, -0.25) is 4.79 Å². The van der Waals surface area contributed by atoms with Crippen LogP contribution in [-0.2, 0) is 9.84 Å². The Balaban J connectivity index is 2.04. The molecule has 4 rings (SSSR count). The molecule has 2 aromatic heterocycles. The van der Waals surface area contributed by atoms with Crippen LogP contribution in [0.5, 0.6) is 0 Å². The predicted molar refractivity (Wildman–Crippen MR) is 84.9 cm³/mol. The SMILES string of the molecule is Cc1nn([C@@H]2CCS(=O)(=O)C2)c2[nH]c3ccccc3c(=O)c12. The molecule has 3 heterocycles. The van der Waals surface area contributed by atoms with Crippen LogP contribution in [0.4, 0.5) is 0 Å². The molecular formula is C15H15N3O3S. The summed E-state index contributed by atoms with van der Waals surface area (Å²) >= 11 is 0. The Morgan fingerprint density at radius 3 is 2.82 bits per heavy atom. The van der Waals surface area contributed by atoms with E-state index in [2.05, 4.69) is 10.1 Å². The summed E-state index contributed by atoms with van der Waals surface area (Å²) in [5.41, 5.74) is 1.92. The highest BCUT2D eigenvalue weighted by molar-refractivity contribution is 7.91. The molecule has 0 amide bonds. The third-order valence-electron chi connectivity index (χ3n) is 4.29. The third-order valence-corrected chi connectivity index (χ3v) is 6.04. The number of nitrogens with zero attached hydrogens (tertiary/aromatic N) is 2. The molecule has 0 aliphatic carbocycles. The second-order valence-corrected chi connectivity index (χ2v) is 8.04. The third kappa shape index (κ3) is 1.89. The van der Waals surface area contributed by atoms with Gasteiger partial charge in [-0.05, 0) is 25.5 Å². The van der Waals surface area contributed by atoms with E-state index in [-0.39, 0.29) is 23.0 Å². The fourth-order valence-corrected chi connectivity index (χ4v) is 4.92. The van der Waals surface area contributed by atoms with Crippen LogP contribution in [0.15, 0.2) is 29.1 Å². The molecule has 7 heteroatoms. The molecule has 6 nitrogen and oxygen atoms in total. The number of nitrogens with one attached hydrogen (secondary N) is 1. The topological polar surface area (TPSA) is 84.8 Å². The Morgan fingerprint density at radius 2 is 2.09 bits per heavy atom. The van der Waals surface area contributed by atoms with E-state index in [1.165, 1.54) is 0 Å². The summed E-state index contributed by atoms with van der Waals surface area (Å²) in [6, 6.07) is 7.10. The van der Waals surface area contributed by atoms with Crippen molar-refractivity contribution in [2.45, 2.75) is 19.4 Å². The molecule has 114 valence electrons. The number of aryl methyl sites for hydroxylation is 1. The number of H-pyrrole nitrogens is 1. The van der Waals surface area contributed by atoms with Gasteiger partial charge in [-0.15, -0.1) is 0 Å². The molecule has 1 aliphatic heterocycles. The molecular weight excluding hydrogens is 302 g/mol. The lowest BCUT2D eigenvalue weighted by Crippen LogP contribution is -2.13. The van der Waals surface area contributed by atoms with E-state index in [9.17, 15) is 13.2 Å². The number of para-hydroxylation sites is 1. The van der Waals surface area contributed by atoms with E-state index < -0.39 is 9.84 Å². The normalized spacial score (nSPS) is 20.9. The van der Waals surface area contributed by atoms with E-state index in [0.717, 1.165) is 5.52 Å². The molecule has 1 atom stereocenters. The van der Waals surface area contributed by atoms with Crippen LogP contribution >= 0.6 is 0 Å². The molecule has 0 spiro atoms. The van der Waals surface area contributed by atoms with Crippen molar-refractivity contribution in [3.63, 3.8) is 0 Å². The summed E-state index contributed by atoms with van der Waals surface area (Å²) in [6.07, 6.45) is 0.535. The standard InChI is InChI=1S/C15H15N3O3S/c1-9-13-14(19)11-4-2-3-5-12(11)16-15(13)18(17-9)10-6-7-22(20,21)8-10/h2-5,10H,6-8H2,1H3,(H,16,19)/t10-/m1/s1. The van der Waals surface area contributed by atoms with Crippen molar-refractivity contribution in [1.82, 2.24) is 14.8 Å². The first-order valence-corrected chi connectivity index (χ1v) is 8.99. The number of rotatable bonds is 1. The molecule has 0 radical (unpaired) electrons. The van der Waals surface area contributed by atoms with Crippen LogP contribution in [0.1, 0.15) is 18.2 Å². The van der Waals surface area contributed by atoms with Gasteiger partial charge in [-0.1, -0.05) is 12.1 Å². The first-order chi connectivity index (χ1) is 10.5. The smallest absolute Gasteiger partial charge is 0.200 e. The summed E-state index contributed by atoms with van der Waals surface area (Å²) in [4.78, 5) is 15.9. The second kappa shape index (κ2) is 4.42. The Bertz CT molecular complexity index is 1060. The number of benzene rings is 1. The zero-order valence-corrected chi connectivity index (χ0v) is 12.9. The van der Waals surface area contributed by atoms with Gasteiger partial charge in [0.15, 0.2) is 9.84 Å². The molecule has 1 N–H and O–H groups in total. The van der Waals surface area contributed by atoms with E-state index >= 15 is 0 Å². The Morgan fingerprint density at radius 1 is 1.32 bits per heavy atom. The van der Waals surface area contributed by atoms with Gasteiger partial charge >= 0.3 is 0 Å². The number of hydrogen-bond donors (Lipinski definition) is 1. The van der Waals surface area contributed by atoms with Gasteiger partial charge in [0.1, 0.15) is 5.65 Å². The summed E-state index contributed by atoms with van der Waals surface area (Å²) < 4.78 is 25.1. The fourth-order valence-electron chi connectivity index (χ4n) is 3.22. The van der Waals surface area contributed by atoms with Crippen molar-refractivity contribution in [2.24, 2.45) is 0 Å². The van der Waals surface area contributed by atoms with Crippen LogP contribution in [-0.4, -0.2) is 34.7 Å². The van der Waals surface area contributed by atoms with E-state index in [4.69, 9.17) is 0 Å². The molecule has 3 aromatic rings. The van der Waals surface area contributed by atoms with Crippen molar-refractivity contribution < 1.29 is 8.42 Å². The fraction of sp³-hybridized carbons (Fsp3) is 0.333. The monoisotopic (exact) mass is 317 g/mol. The molecule has 0 saturated carbocycles. The zero-order chi connectivity index (χ0) is 15.5. The van der Waals surface area contributed by atoms with Crippen molar-refractivity contribution in [2.75, 3.05) is 11.5 Å². The summed E-state index contributed by atoms with van der Waals surface area (Å²) in [6.45, 7) is 1.78. The summed E-state index contributed by atoms with van der Waals surface area (Å²) in [5.74, 6) is 0.258. The summed E-state index contributed by atoms with van der Waals surface area (Å²) in [7, 11) is -3.01. The van der Waals surface area contributed by atoms with Crippen molar-refractivity contribution in [1.29, 1.82) is 0 Å². The molecule has 0 unspecified atom stereocenters. The van der Waals surface area contributed by atoms with Gasteiger partial charge in [0.25, 0.3) is 0 Å².